The zero-order chi connectivity index (χ0) is 10.6. The van der Waals surface area contributed by atoms with Crippen LogP contribution in [0.5, 0.6) is 0 Å². The van der Waals surface area contributed by atoms with Crippen LogP contribution in [0, 0.1) is 5.41 Å². The molecule has 1 saturated heterocycles. The predicted molar refractivity (Wildman–Crippen MR) is 62.1 cm³/mol. The Balaban J connectivity index is 1.87. The van der Waals surface area contributed by atoms with Crippen LogP contribution in [0.1, 0.15) is 25.7 Å². The molecular weight excluding hydrogens is 188 g/mol. The summed E-state index contributed by atoms with van der Waals surface area (Å²) in [5.41, 5.74) is 0.562. The van der Waals surface area contributed by atoms with E-state index >= 15 is 0 Å². The van der Waals surface area contributed by atoms with E-state index in [1.54, 1.807) is 0 Å². The number of nitrogens with one attached hydrogen (secondary N) is 1. The molecule has 3 heteroatoms. The fourth-order valence-corrected chi connectivity index (χ4v) is 3.12. The van der Waals surface area contributed by atoms with Gasteiger partial charge in [0.2, 0.25) is 0 Å². The summed E-state index contributed by atoms with van der Waals surface area (Å²) in [4.78, 5) is 2.59. The third kappa shape index (κ3) is 2.92. The van der Waals surface area contributed by atoms with E-state index in [9.17, 15) is 0 Å². The SMILES string of the molecule is CNCC1(CN2CCOCC2)CCCC1. The van der Waals surface area contributed by atoms with Crippen molar-refractivity contribution in [1.29, 1.82) is 0 Å². The first kappa shape index (κ1) is 11.4. The van der Waals surface area contributed by atoms with Crippen LogP contribution in [0.4, 0.5) is 0 Å². The van der Waals surface area contributed by atoms with E-state index in [-0.39, 0.29) is 0 Å². The van der Waals surface area contributed by atoms with Crippen LogP contribution in [-0.4, -0.2) is 51.3 Å². The minimum Gasteiger partial charge on any atom is -0.379 e. The van der Waals surface area contributed by atoms with Crippen LogP contribution in [0.2, 0.25) is 0 Å². The lowest BCUT2D eigenvalue weighted by atomic mass is 9.85. The van der Waals surface area contributed by atoms with Gasteiger partial charge >= 0.3 is 0 Å². The molecule has 2 fully saturated rings. The first-order chi connectivity index (χ1) is 7.35. The van der Waals surface area contributed by atoms with Crippen molar-refractivity contribution in [2.75, 3.05) is 46.4 Å². The van der Waals surface area contributed by atoms with Crippen LogP contribution in [-0.2, 0) is 4.74 Å². The van der Waals surface area contributed by atoms with Gasteiger partial charge in [-0.2, -0.15) is 0 Å². The van der Waals surface area contributed by atoms with E-state index in [0.717, 1.165) is 26.3 Å². The molecule has 2 aliphatic rings. The number of morpholine rings is 1. The highest BCUT2D eigenvalue weighted by molar-refractivity contribution is 4.89. The van der Waals surface area contributed by atoms with Crippen molar-refractivity contribution in [2.24, 2.45) is 5.41 Å². The largest absolute Gasteiger partial charge is 0.379 e. The minimum atomic E-state index is 0.562. The highest BCUT2D eigenvalue weighted by atomic mass is 16.5. The van der Waals surface area contributed by atoms with E-state index in [1.165, 1.54) is 38.8 Å². The fourth-order valence-electron chi connectivity index (χ4n) is 3.12. The molecule has 1 heterocycles. The molecule has 1 saturated carbocycles. The number of ether oxygens (including phenoxy) is 1. The Morgan fingerprint density at radius 2 is 1.87 bits per heavy atom. The Bertz CT molecular complexity index is 184. The second-order valence-corrected chi connectivity index (χ2v) is 5.13. The molecule has 0 amide bonds. The summed E-state index contributed by atoms with van der Waals surface area (Å²) in [6.07, 6.45) is 5.66. The number of nitrogens with zero attached hydrogens (tertiary/aromatic N) is 1. The molecule has 3 nitrogen and oxygen atoms in total. The van der Waals surface area contributed by atoms with Gasteiger partial charge in [0.15, 0.2) is 0 Å². The molecule has 0 atom stereocenters. The van der Waals surface area contributed by atoms with E-state index < -0.39 is 0 Å². The molecular formula is C12H24N2O. The third-order valence-electron chi connectivity index (χ3n) is 3.88. The molecule has 1 aliphatic carbocycles. The molecule has 0 aromatic rings. The fraction of sp³-hybridized carbons (Fsp3) is 1.00. The Hall–Kier alpha value is -0.120. The summed E-state index contributed by atoms with van der Waals surface area (Å²) in [5.74, 6) is 0. The first-order valence-electron chi connectivity index (χ1n) is 6.29. The summed E-state index contributed by atoms with van der Waals surface area (Å²) < 4.78 is 5.40. The normalized spacial score (nSPS) is 27.0. The summed E-state index contributed by atoms with van der Waals surface area (Å²) in [6.45, 7) is 6.57. The van der Waals surface area contributed by atoms with Crippen molar-refractivity contribution < 1.29 is 4.74 Å². The lowest BCUT2D eigenvalue weighted by Crippen LogP contribution is -2.46. The molecule has 88 valence electrons. The highest BCUT2D eigenvalue weighted by Crippen LogP contribution is 2.38. The minimum absolute atomic E-state index is 0.562. The molecule has 0 aromatic carbocycles. The molecule has 1 N–H and O–H groups in total. The van der Waals surface area contributed by atoms with Gasteiger partial charge < -0.3 is 10.1 Å². The third-order valence-corrected chi connectivity index (χ3v) is 3.88. The Morgan fingerprint density at radius 3 is 2.47 bits per heavy atom. The predicted octanol–water partition coefficient (Wildman–Crippen LogP) is 1.10. The van der Waals surface area contributed by atoms with Crippen LogP contribution < -0.4 is 5.32 Å². The lowest BCUT2D eigenvalue weighted by Gasteiger charge is -2.37. The van der Waals surface area contributed by atoms with Gasteiger partial charge in [0, 0.05) is 26.2 Å². The Labute approximate surface area is 93.2 Å². The van der Waals surface area contributed by atoms with Gasteiger partial charge in [-0.3, -0.25) is 4.90 Å². The zero-order valence-electron chi connectivity index (χ0n) is 9.93. The molecule has 0 unspecified atom stereocenters. The molecule has 15 heavy (non-hydrogen) atoms. The van der Waals surface area contributed by atoms with Gasteiger partial charge in [0.25, 0.3) is 0 Å². The van der Waals surface area contributed by atoms with Gasteiger partial charge in [-0.1, -0.05) is 12.8 Å². The smallest absolute Gasteiger partial charge is 0.0594 e. The zero-order valence-corrected chi connectivity index (χ0v) is 9.93. The molecule has 0 bridgehead atoms. The van der Waals surface area contributed by atoms with E-state index in [4.69, 9.17) is 4.74 Å². The Morgan fingerprint density at radius 1 is 1.20 bits per heavy atom. The monoisotopic (exact) mass is 212 g/mol. The van der Waals surface area contributed by atoms with Crippen molar-refractivity contribution >= 4 is 0 Å². The summed E-state index contributed by atoms with van der Waals surface area (Å²) >= 11 is 0. The molecule has 0 aromatic heterocycles. The second-order valence-electron chi connectivity index (χ2n) is 5.13. The molecule has 1 aliphatic heterocycles. The maximum absolute atomic E-state index is 5.40. The van der Waals surface area contributed by atoms with Crippen molar-refractivity contribution in [1.82, 2.24) is 10.2 Å². The van der Waals surface area contributed by atoms with Crippen LogP contribution in [0.15, 0.2) is 0 Å². The quantitative estimate of drug-likeness (QED) is 0.755. The van der Waals surface area contributed by atoms with Gasteiger partial charge in [0.05, 0.1) is 13.2 Å². The summed E-state index contributed by atoms with van der Waals surface area (Å²) in [5, 5.41) is 3.38. The van der Waals surface area contributed by atoms with Gasteiger partial charge in [-0.15, -0.1) is 0 Å². The lowest BCUT2D eigenvalue weighted by molar-refractivity contribution is 0.0168. The molecule has 2 rings (SSSR count). The van der Waals surface area contributed by atoms with Crippen molar-refractivity contribution in [3.63, 3.8) is 0 Å². The van der Waals surface area contributed by atoms with Crippen molar-refractivity contribution in [2.45, 2.75) is 25.7 Å². The van der Waals surface area contributed by atoms with Gasteiger partial charge in [-0.05, 0) is 25.3 Å². The number of hydrogen-bond acceptors (Lipinski definition) is 3. The van der Waals surface area contributed by atoms with Crippen molar-refractivity contribution in [3.05, 3.63) is 0 Å². The Kier molecular flexibility index (Phi) is 4.00. The summed E-state index contributed by atoms with van der Waals surface area (Å²) in [7, 11) is 2.08. The maximum atomic E-state index is 5.40. The standard InChI is InChI=1S/C12H24N2O/c1-13-10-12(4-2-3-5-12)11-14-6-8-15-9-7-14/h13H,2-11H2,1H3. The summed E-state index contributed by atoms with van der Waals surface area (Å²) in [6, 6.07) is 0. The van der Waals surface area contributed by atoms with Crippen LogP contribution in [0.25, 0.3) is 0 Å². The van der Waals surface area contributed by atoms with Gasteiger partial charge in [-0.25, -0.2) is 0 Å². The molecule has 0 spiro atoms. The average Bonchev–Trinajstić information content (AvgIpc) is 2.69. The second kappa shape index (κ2) is 5.28. The van der Waals surface area contributed by atoms with E-state index in [0.29, 0.717) is 5.41 Å². The van der Waals surface area contributed by atoms with Crippen molar-refractivity contribution in [3.8, 4) is 0 Å². The highest BCUT2D eigenvalue weighted by Gasteiger charge is 2.35. The first-order valence-corrected chi connectivity index (χ1v) is 6.29. The number of rotatable bonds is 4. The topological polar surface area (TPSA) is 24.5 Å². The number of hydrogen-bond donors (Lipinski definition) is 1. The van der Waals surface area contributed by atoms with Crippen LogP contribution in [0.3, 0.4) is 0 Å². The van der Waals surface area contributed by atoms with Crippen LogP contribution >= 0.6 is 0 Å². The molecule has 0 radical (unpaired) electrons. The van der Waals surface area contributed by atoms with Gasteiger partial charge in [0.1, 0.15) is 0 Å². The maximum Gasteiger partial charge on any atom is 0.0594 e. The average molecular weight is 212 g/mol. The van der Waals surface area contributed by atoms with E-state index in [1.807, 2.05) is 0 Å². The van der Waals surface area contributed by atoms with E-state index in [2.05, 4.69) is 17.3 Å².